The lowest BCUT2D eigenvalue weighted by Crippen LogP contribution is -2.33. The Morgan fingerprint density at radius 3 is 2.42 bits per heavy atom. The van der Waals surface area contributed by atoms with Crippen molar-refractivity contribution in [1.29, 1.82) is 0 Å². The van der Waals surface area contributed by atoms with Crippen molar-refractivity contribution in [2.75, 3.05) is 13.1 Å². The fourth-order valence-electron chi connectivity index (χ4n) is 3.03. The van der Waals surface area contributed by atoms with Gasteiger partial charge in [0, 0.05) is 47.9 Å². The van der Waals surface area contributed by atoms with E-state index in [1.54, 1.807) is 29.9 Å². The molecule has 3 aromatic rings. The number of halogens is 3. The number of fused-ring (bicyclic) bond motifs is 1. The van der Waals surface area contributed by atoms with Crippen molar-refractivity contribution >= 4 is 23.2 Å². The van der Waals surface area contributed by atoms with Crippen molar-refractivity contribution in [2.24, 2.45) is 0 Å². The predicted molar refractivity (Wildman–Crippen MR) is 107 cm³/mol. The van der Waals surface area contributed by atoms with Gasteiger partial charge < -0.3 is 10.0 Å². The minimum atomic E-state index is -5.08. The van der Waals surface area contributed by atoms with E-state index in [0.29, 0.717) is 18.8 Å². The quantitative estimate of drug-likeness (QED) is 0.642. The molecule has 0 saturated heterocycles. The van der Waals surface area contributed by atoms with Crippen molar-refractivity contribution < 1.29 is 27.9 Å². The number of carbonyl (C=O) groups is 2. The van der Waals surface area contributed by atoms with E-state index in [1.807, 2.05) is 17.0 Å². The van der Waals surface area contributed by atoms with E-state index in [2.05, 4.69) is 31.8 Å². The van der Waals surface area contributed by atoms with E-state index in [1.165, 1.54) is 0 Å². The SMILES string of the molecule is O=C(O)C(F)(F)F.O=C(c1ccccn1)N1CCc2ncnc(-c3ccsc3)c2CC1. The van der Waals surface area contributed by atoms with Gasteiger partial charge in [0.15, 0.2) is 0 Å². The molecule has 0 aromatic carbocycles. The van der Waals surface area contributed by atoms with E-state index in [0.717, 1.165) is 35.4 Å². The van der Waals surface area contributed by atoms with Gasteiger partial charge in [-0.05, 0) is 30.0 Å². The Bertz CT molecular complexity index is 1040. The molecule has 1 amide bonds. The number of amides is 1. The molecule has 11 heteroatoms. The number of carboxylic acid groups (broad SMARTS) is 1. The van der Waals surface area contributed by atoms with Gasteiger partial charge in [-0.3, -0.25) is 9.78 Å². The molecule has 1 N–H and O–H groups in total. The Labute approximate surface area is 179 Å². The highest BCUT2D eigenvalue weighted by atomic mass is 32.1. The van der Waals surface area contributed by atoms with Crippen LogP contribution >= 0.6 is 11.3 Å². The number of aromatic nitrogens is 3. The van der Waals surface area contributed by atoms with Crippen molar-refractivity contribution in [3.63, 3.8) is 0 Å². The normalized spacial score (nSPS) is 13.5. The molecule has 0 aliphatic carbocycles. The Hall–Kier alpha value is -3.34. The second kappa shape index (κ2) is 9.65. The zero-order chi connectivity index (χ0) is 22.4. The monoisotopic (exact) mass is 450 g/mol. The maximum Gasteiger partial charge on any atom is 0.490 e. The van der Waals surface area contributed by atoms with Crippen LogP contribution in [0.4, 0.5) is 13.2 Å². The summed E-state index contributed by atoms with van der Waals surface area (Å²) < 4.78 is 31.7. The molecule has 0 spiro atoms. The van der Waals surface area contributed by atoms with Crippen LogP contribution in [0.1, 0.15) is 21.7 Å². The van der Waals surface area contributed by atoms with Crippen LogP contribution in [0.5, 0.6) is 0 Å². The molecular weight excluding hydrogens is 433 g/mol. The van der Waals surface area contributed by atoms with Crippen molar-refractivity contribution in [3.05, 3.63) is 64.5 Å². The zero-order valence-corrected chi connectivity index (χ0v) is 16.9. The summed E-state index contributed by atoms with van der Waals surface area (Å²) in [5.41, 5.74) is 4.82. The van der Waals surface area contributed by atoms with E-state index >= 15 is 0 Å². The van der Waals surface area contributed by atoms with Gasteiger partial charge in [-0.25, -0.2) is 14.8 Å². The van der Waals surface area contributed by atoms with Crippen LogP contribution in [0.2, 0.25) is 0 Å². The number of carboxylic acids is 1. The molecule has 7 nitrogen and oxygen atoms in total. The average molecular weight is 450 g/mol. The van der Waals surface area contributed by atoms with E-state index in [9.17, 15) is 18.0 Å². The fraction of sp³-hybridized carbons (Fsp3) is 0.250. The third kappa shape index (κ3) is 5.63. The van der Waals surface area contributed by atoms with Gasteiger partial charge in [0.25, 0.3) is 5.91 Å². The molecule has 0 saturated carbocycles. The van der Waals surface area contributed by atoms with Gasteiger partial charge >= 0.3 is 12.1 Å². The highest BCUT2D eigenvalue weighted by Crippen LogP contribution is 2.27. The third-order valence-electron chi connectivity index (χ3n) is 4.49. The Morgan fingerprint density at radius 1 is 1.06 bits per heavy atom. The summed E-state index contributed by atoms with van der Waals surface area (Å²) in [5, 5.41) is 11.3. The second-order valence-corrected chi connectivity index (χ2v) is 7.25. The highest BCUT2D eigenvalue weighted by molar-refractivity contribution is 7.08. The summed E-state index contributed by atoms with van der Waals surface area (Å²) in [6.07, 6.45) is -0.296. The van der Waals surface area contributed by atoms with Crippen molar-refractivity contribution in [1.82, 2.24) is 19.9 Å². The molecule has 4 heterocycles. The minimum Gasteiger partial charge on any atom is -0.475 e. The van der Waals surface area contributed by atoms with Crippen LogP contribution in [0.3, 0.4) is 0 Å². The Balaban J connectivity index is 0.000000339. The highest BCUT2D eigenvalue weighted by Gasteiger charge is 2.38. The first kappa shape index (κ1) is 22.3. The van der Waals surface area contributed by atoms with Crippen LogP contribution in [0, 0.1) is 0 Å². The molecule has 0 atom stereocenters. The van der Waals surface area contributed by atoms with Gasteiger partial charge in [-0.2, -0.15) is 24.5 Å². The number of rotatable bonds is 2. The van der Waals surface area contributed by atoms with Crippen LogP contribution in [-0.2, 0) is 17.6 Å². The van der Waals surface area contributed by atoms with Crippen molar-refractivity contribution in [3.8, 4) is 11.3 Å². The maximum absolute atomic E-state index is 12.6. The number of thiophene rings is 1. The first-order valence-electron chi connectivity index (χ1n) is 9.13. The minimum absolute atomic E-state index is 0.0200. The Kier molecular flexibility index (Phi) is 6.95. The van der Waals surface area contributed by atoms with Gasteiger partial charge in [0.05, 0.1) is 5.69 Å². The molecule has 0 fully saturated rings. The van der Waals surface area contributed by atoms with Crippen LogP contribution in [-0.4, -0.2) is 56.1 Å². The summed E-state index contributed by atoms with van der Waals surface area (Å²) >= 11 is 1.66. The lowest BCUT2D eigenvalue weighted by Gasteiger charge is -2.19. The van der Waals surface area contributed by atoms with E-state index in [-0.39, 0.29) is 5.91 Å². The topological polar surface area (TPSA) is 96.3 Å². The zero-order valence-electron chi connectivity index (χ0n) is 16.0. The number of hydrogen-bond donors (Lipinski definition) is 1. The standard InChI is InChI=1S/C18H16N4OS.C2HF3O2/c23-18(16-3-1-2-7-19-16)22-8-4-14-15(5-9-22)20-12-21-17(14)13-6-10-24-11-13;3-2(4,5)1(6)7/h1-3,6-7,10-12H,4-5,8-9H2;(H,6,7). The van der Waals surface area contributed by atoms with Crippen LogP contribution < -0.4 is 0 Å². The smallest absolute Gasteiger partial charge is 0.475 e. The number of pyridine rings is 1. The lowest BCUT2D eigenvalue weighted by atomic mass is 10.0. The van der Waals surface area contributed by atoms with Gasteiger partial charge in [-0.15, -0.1) is 0 Å². The molecule has 162 valence electrons. The number of alkyl halides is 3. The van der Waals surface area contributed by atoms with Crippen LogP contribution in [0.25, 0.3) is 11.3 Å². The molecule has 0 unspecified atom stereocenters. The lowest BCUT2D eigenvalue weighted by molar-refractivity contribution is -0.192. The van der Waals surface area contributed by atoms with Gasteiger partial charge in [0.2, 0.25) is 0 Å². The molecule has 1 aliphatic rings. The first-order chi connectivity index (χ1) is 14.8. The summed E-state index contributed by atoms with van der Waals surface area (Å²) in [6.45, 7) is 1.31. The van der Waals surface area contributed by atoms with E-state index in [4.69, 9.17) is 9.90 Å². The predicted octanol–water partition coefficient (Wildman–Crippen LogP) is 3.47. The Morgan fingerprint density at radius 2 is 1.81 bits per heavy atom. The molecule has 0 radical (unpaired) electrons. The molecular formula is C20H17F3N4O3S. The first-order valence-corrected chi connectivity index (χ1v) is 10.1. The molecule has 3 aromatic heterocycles. The largest absolute Gasteiger partial charge is 0.490 e. The molecule has 4 rings (SSSR count). The van der Waals surface area contributed by atoms with Crippen LogP contribution in [0.15, 0.2) is 47.5 Å². The second-order valence-electron chi connectivity index (χ2n) is 6.47. The molecule has 1 aliphatic heterocycles. The molecule has 0 bridgehead atoms. The summed E-state index contributed by atoms with van der Waals surface area (Å²) in [6, 6.07) is 7.50. The third-order valence-corrected chi connectivity index (χ3v) is 5.18. The summed E-state index contributed by atoms with van der Waals surface area (Å²) in [5.74, 6) is -2.78. The van der Waals surface area contributed by atoms with Crippen molar-refractivity contribution in [2.45, 2.75) is 19.0 Å². The number of nitrogens with zero attached hydrogens (tertiary/aromatic N) is 4. The maximum atomic E-state index is 12.6. The number of aliphatic carboxylic acids is 1. The number of hydrogen-bond acceptors (Lipinski definition) is 6. The van der Waals surface area contributed by atoms with Gasteiger partial charge in [-0.1, -0.05) is 6.07 Å². The van der Waals surface area contributed by atoms with Gasteiger partial charge in [0.1, 0.15) is 12.0 Å². The summed E-state index contributed by atoms with van der Waals surface area (Å²) in [4.78, 5) is 36.5. The summed E-state index contributed by atoms with van der Waals surface area (Å²) in [7, 11) is 0. The van der Waals surface area contributed by atoms with E-state index < -0.39 is 12.1 Å². The fourth-order valence-corrected chi connectivity index (χ4v) is 3.67. The number of carbonyl (C=O) groups excluding carboxylic acids is 1. The molecule has 31 heavy (non-hydrogen) atoms. The average Bonchev–Trinajstić information content (AvgIpc) is 3.20.